The quantitative estimate of drug-likeness (QED) is 0.314. The van der Waals surface area contributed by atoms with E-state index in [1.807, 2.05) is 25.7 Å². The molecule has 0 aromatic rings. The highest BCUT2D eigenvalue weighted by molar-refractivity contribution is 14.0. The van der Waals surface area contributed by atoms with Gasteiger partial charge in [0, 0.05) is 65.3 Å². The molecule has 0 aromatic carbocycles. The molecule has 2 amide bonds. The van der Waals surface area contributed by atoms with Gasteiger partial charge in [0.2, 0.25) is 11.8 Å². The monoisotopic (exact) mass is 508 g/mol. The fraction of sp³-hybridized carbons (Fsp3) is 0.842. The number of amides is 2. The van der Waals surface area contributed by atoms with Crippen LogP contribution in [0.3, 0.4) is 0 Å². The van der Waals surface area contributed by atoms with E-state index in [0.29, 0.717) is 13.0 Å². The van der Waals surface area contributed by atoms with E-state index >= 15 is 0 Å². The standard InChI is InChI=1S/C19H36N6O2.HI/c1-15(2)22-17(26)7-8-21-19(20-4)25-13-11-23(12-14-25)16(3)18(27)24-9-5-6-10-24;/h15-16H,5-14H2,1-4H3,(H,20,21)(H,22,26);1H. The first-order valence-electron chi connectivity index (χ1n) is 10.2. The highest BCUT2D eigenvalue weighted by Crippen LogP contribution is 2.14. The number of carbonyl (C=O) groups is 2. The molecule has 28 heavy (non-hydrogen) atoms. The van der Waals surface area contributed by atoms with Crippen molar-refractivity contribution in [3.8, 4) is 0 Å². The van der Waals surface area contributed by atoms with Crippen molar-refractivity contribution < 1.29 is 9.59 Å². The predicted octanol–water partition coefficient (Wildman–Crippen LogP) is 0.723. The maximum atomic E-state index is 12.6. The summed E-state index contributed by atoms with van der Waals surface area (Å²) >= 11 is 0. The molecule has 2 aliphatic rings. The smallest absolute Gasteiger partial charge is 0.239 e. The van der Waals surface area contributed by atoms with Crippen LogP contribution in [0.15, 0.2) is 4.99 Å². The van der Waals surface area contributed by atoms with Gasteiger partial charge >= 0.3 is 0 Å². The summed E-state index contributed by atoms with van der Waals surface area (Å²) in [5, 5.41) is 6.17. The maximum absolute atomic E-state index is 12.6. The highest BCUT2D eigenvalue weighted by atomic mass is 127. The molecule has 1 unspecified atom stereocenters. The van der Waals surface area contributed by atoms with Crippen LogP contribution >= 0.6 is 24.0 Å². The lowest BCUT2D eigenvalue weighted by atomic mass is 10.2. The minimum Gasteiger partial charge on any atom is -0.356 e. The van der Waals surface area contributed by atoms with E-state index in [2.05, 4.69) is 25.4 Å². The van der Waals surface area contributed by atoms with Gasteiger partial charge in [-0.15, -0.1) is 24.0 Å². The van der Waals surface area contributed by atoms with Gasteiger partial charge in [-0.05, 0) is 33.6 Å². The van der Waals surface area contributed by atoms with Crippen molar-refractivity contribution in [2.45, 2.75) is 52.1 Å². The topological polar surface area (TPSA) is 80.3 Å². The van der Waals surface area contributed by atoms with Crippen molar-refractivity contribution in [2.24, 2.45) is 4.99 Å². The average molecular weight is 508 g/mol. The summed E-state index contributed by atoms with van der Waals surface area (Å²) in [5.74, 6) is 1.14. The van der Waals surface area contributed by atoms with Gasteiger partial charge in [0.15, 0.2) is 5.96 Å². The summed E-state index contributed by atoms with van der Waals surface area (Å²) in [6, 6.07) is 0.107. The number of likely N-dealkylation sites (tertiary alicyclic amines) is 1. The first-order valence-corrected chi connectivity index (χ1v) is 10.2. The molecule has 2 fully saturated rings. The van der Waals surface area contributed by atoms with Crippen molar-refractivity contribution in [2.75, 3.05) is 52.9 Å². The molecule has 0 aromatic heterocycles. The van der Waals surface area contributed by atoms with Crippen LogP contribution in [0, 0.1) is 0 Å². The fourth-order valence-corrected chi connectivity index (χ4v) is 3.69. The van der Waals surface area contributed by atoms with Crippen molar-refractivity contribution in [3.63, 3.8) is 0 Å². The highest BCUT2D eigenvalue weighted by Gasteiger charge is 2.30. The van der Waals surface area contributed by atoms with Gasteiger partial charge in [-0.3, -0.25) is 19.5 Å². The molecular formula is C19H37IN6O2. The van der Waals surface area contributed by atoms with Crippen LogP contribution in [0.5, 0.6) is 0 Å². The van der Waals surface area contributed by atoms with E-state index in [1.165, 1.54) is 0 Å². The number of hydrogen-bond donors (Lipinski definition) is 2. The van der Waals surface area contributed by atoms with Crippen LogP contribution in [-0.2, 0) is 9.59 Å². The van der Waals surface area contributed by atoms with E-state index in [-0.39, 0.29) is 47.9 Å². The van der Waals surface area contributed by atoms with Crippen molar-refractivity contribution in [3.05, 3.63) is 0 Å². The van der Waals surface area contributed by atoms with E-state index < -0.39 is 0 Å². The second-order valence-electron chi connectivity index (χ2n) is 7.68. The number of nitrogens with one attached hydrogen (secondary N) is 2. The Bertz CT molecular complexity index is 529. The zero-order chi connectivity index (χ0) is 19.8. The molecule has 0 aliphatic carbocycles. The molecule has 2 saturated heterocycles. The summed E-state index contributed by atoms with van der Waals surface area (Å²) in [6.45, 7) is 11.7. The van der Waals surface area contributed by atoms with Crippen LogP contribution in [-0.4, -0.2) is 97.4 Å². The van der Waals surface area contributed by atoms with Gasteiger partial charge in [-0.1, -0.05) is 0 Å². The number of rotatable bonds is 6. The SMILES string of the molecule is CN=C(NCCC(=O)NC(C)C)N1CCN(C(C)C(=O)N2CCCC2)CC1.I. The summed E-state index contributed by atoms with van der Waals surface area (Å²) in [5.41, 5.74) is 0. The normalized spacial score (nSPS) is 19.4. The molecule has 162 valence electrons. The van der Waals surface area contributed by atoms with Crippen LogP contribution < -0.4 is 10.6 Å². The van der Waals surface area contributed by atoms with E-state index in [4.69, 9.17) is 0 Å². The van der Waals surface area contributed by atoms with Crippen LogP contribution in [0.4, 0.5) is 0 Å². The van der Waals surface area contributed by atoms with E-state index in [1.54, 1.807) is 7.05 Å². The van der Waals surface area contributed by atoms with Crippen LogP contribution in [0.1, 0.15) is 40.0 Å². The lowest BCUT2D eigenvalue weighted by Gasteiger charge is -2.39. The number of halogens is 1. The molecule has 0 bridgehead atoms. The zero-order valence-corrected chi connectivity index (χ0v) is 20.1. The minimum atomic E-state index is -0.0556. The summed E-state index contributed by atoms with van der Waals surface area (Å²) in [7, 11) is 1.77. The Labute approximate surface area is 186 Å². The number of hydrogen-bond acceptors (Lipinski definition) is 4. The third kappa shape index (κ3) is 7.38. The predicted molar refractivity (Wildman–Crippen MR) is 123 cm³/mol. The fourth-order valence-electron chi connectivity index (χ4n) is 3.69. The molecule has 9 heteroatoms. The number of guanidine groups is 1. The average Bonchev–Trinajstić information content (AvgIpc) is 3.18. The molecule has 2 aliphatic heterocycles. The summed E-state index contributed by atoms with van der Waals surface area (Å²) in [4.78, 5) is 35.1. The third-order valence-electron chi connectivity index (χ3n) is 5.23. The Balaban J connectivity index is 0.00000392. The number of carbonyl (C=O) groups excluding carboxylic acids is 2. The van der Waals surface area contributed by atoms with Gasteiger partial charge in [0.25, 0.3) is 0 Å². The van der Waals surface area contributed by atoms with Crippen molar-refractivity contribution in [1.82, 2.24) is 25.3 Å². The van der Waals surface area contributed by atoms with Crippen LogP contribution in [0.2, 0.25) is 0 Å². The van der Waals surface area contributed by atoms with Gasteiger partial charge in [-0.25, -0.2) is 0 Å². The lowest BCUT2D eigenvalue weighted by molar-refractivity contribution is -0.135. The molecule has 8 nitrogen and oxygen atoms in total. The zero-order valence-electron chi connectivity index (χ0n) is 17.7. The number of piperazine rings is 1. The van der Waals surface area contributed by atoms with E-state index in [0.717, 1.165) is 58.1 Å². The van der Waals surface area contributed by atoms with Gasteiger partial charge in [0.1, 0.15) is 0 Å². The Hall–Kier alpha value is -1.10. The number of aliphatic imine (C=N–C) groups is 1. The molecule has 0 spiro atoms. The van der Waals surface area contributed by atoms with Gasteiger partial charge in [0.05, 0.1) is 6.04 Å². The molecule has 0 saturated carbocycles. The minimum absolute atomic E-state index is 0. The second-order valence-corrected chi connectivity index (χ2v) is 7.68. The summed E-state index contributed by atoms with van der Waals surface area (Å²) in [6.07, 6.45) is 2.69. The Morgan fingerprint density at radius 2 is 1.57 bits per heavy atom. The summed E-state index contributed by atoms with van der Waals surface area (Å²) < 4.78 is 0. The molecule has 0 radical (unpaired) electrons. The molecule has 2 heterocycles. The molecule has 2 rings (SSSR count). The Morgan fingerprint density at radius 3 is 2.11 bits per heavy atom. The maximum Gasteiger partial charge on any atom is 0.239 e. The first-order chi connectivity index (χ1) is 12.9. The van der Waals surface area contributed by atoms with Gasteiger partial charge < -0.3 is 20.4 Å². The van der Waals surface area contributed by atoms with Gasteiger partial charge in [-0.2, -0.15) is 0 Å². The van der Waals surface area contributed by atoms with Crippen LogP contribution in [0.25, 0.3) is 0 Å². The molecule has 2 N–H and O–H groups in total. The molecule has 1 atom stereocenters. The van der Waals surface area contributed by atoms with Crippen molar-refractivity contribution >= 4 is 41.8 Å². The largest absolute Gasteiger partial charge is 0.356 e. The Kier molecular flexibility index (Phi) is 11.1. The number of nitrogens with zero attached hydrogens (tertiary/aromatic N) is 4. The Morgan fingerprint density at radius 1 is 0.964 bits per heavy atom. The van der Waals surface area contributed by atoms with E-state index in [9.17, 15) is 9.59 Å². The second kappa shape index (κ2) is 12.5. The first kappa shape index (κ1) is 24.9. The third-order valence-corrected chi connectivity index (χ3v) is 5.23. The van der Waals surface area contributed by atoms with Crippen molar-refractivity contribution in [1.29, 1.82) is 0 Å². The molecular weight excluding hydrogens is 471 g/mol. The lowest BCUT2D eigenvalue weighted by Crippen LogP contribution is -2.57.